The minimum absolute atomic E-state index is 0.0167. The van der Waals surface area contributed by atoms with Gasteiger partial charge in [-0.05, 0) is 89.3 Å². The lowest BCUT2D eigenvalue weighted by molar-refractivity contribution is -0.122. The molecule has 0 radical (unpaired) electrons. The molecule has 3 aromatic rings. The Morgan fingerprint density at radius 3 is 2.39 bits per heavy atom. The normalized spacial score (nSPS) is 16.9. The van der Waals surface area contributed by atoms with Crippen LogP contribution in [-0.2, 0) is 9.59 Å². The number of aromatic nitrogens is 1. The Kier molecular flexibility index (Phi) is 14.2. The number of rotatable bonds is 12. The molecule has 2 aliphatic heterocycles. The first-order chi connectivity index (χ1) is 24.5. The molecule has 51 heavy (non-hydrogen) atoms. The number of likely N-dealkylation sites (N-methyl/N-ethyl adjacent to an activating group) is 1. The molecule has 272 valence electrons. The van der Waals surface area contributed by atoms with Gasteiger partial charge in [-0.3, -0.25) is 20.1 Å². The van der Waals surface area contributed by atoms with Gasteiger partial charge in [-0.25, -0.2) is 9.98 Å². The predicted octanol–water partition coefficient (Wildman–Crippen LogP) is 3.54. The number of hydrogen-bond acceptors (Lipinski definition) is 10. The fourth-order valence-corrected chi connectivity index (χ4v) is 6.02. The van der Waals surface area contributed by atoms with Crippen molar-refractivity contribution in [3.8, 4) is 5.88 Å². The van der Waals surface area contributed by atoms with E-state index in [2.05, 4.69) is 43.9 Å². The smallest absolute Gasteiger partial charge is 0.231 e. The molecule has 1 aromatic heterocycles. The minimum Gasteiger partial charge on any atom is -0.475 e. The van der Waals surface area contributed by atoms with Crippen LogP contribution in [0, 0.1) is 11.3 Å². The number of hydrogen-bond donors (Lipinski definition) is 3. The van der Waals surface area contributed by atoms with E-state index in [4.69, 9.17) is 21.6 Å². The molecule has 0 saturated carbocycles. The molecule has 2 fully saturated rings. The zero-order valence-electron chi connectivity index (χ0n) is 30.5. The largest absolute Gasteiger partial charge is 0.475 e. The van der Waals surface area contributed by atoms with Crippen molar-refractivity contribution in [1.29, 1.82) is 5.41 Å². The second-order valence-electron chi connectivity index (χ2n) is 12.9. The number of likely N-dealkylation sites (tertiary alicyclic amines) is 1. The van der Waals surface area contributed by atoms with Crippen molar-refractivity contribution in [2.75, 3.05) is 82.0 Å². The van der Waals surface area contributed by atoms with Crippen LogP contribution in [0.25, 0.3) is 0 Å². The van der Waals surface area contributed by atoms with Crippen LogP contribution in [0.3, 0.4) is 0 Å². The van der Waals surface area contributed by atoms with Gasteiger partial charge >= 0.3 is 0 Å². The number of nitrogens with two attached hydrogens (primary N) is 2. The zero-order chi connectivity index (χ0) is 36.9. The number of amides is 1. The van der Waals surface area contributed by atoms with E-state index in [0.717, 1.165) is 51.0 Å². The number of amidine groups is 1. The molecule has 13 nitrogen and oxygen atoms in total. The summed E-state index contributed by atoms with van der Waals surface area (Å²) >= 11 is 0. The van der Waals surface area contributed by atoms with Crippen molar-refractivity contribution < 1.29 is 14.3 Å². The molecule has 5 rings (SSSR count). The van der Waals surface area contributed by atoms with Gasteiger partial charge in [0.25, 0.3) is 0 Å². The quantitative estimate of drug-likeness (QED) is 0.111. The van der Waals surface area contributed by atoms with Crippen molar-refractivity contribution in [1.82, 2.24) is 14.8 Å². The molecular weight excluding hydrogens is 644 g/mol. The Labute approximate surface area is 301 Å². The van der Waals surface area contributed by atoms with Crippen LogP contribution in [0.5, 0.6) is 5.88 Å². The zero-order valence-corrected chi connectivity index (χ0v) is 30.5. The summed E-state index contributed by atoms with van der Waals surface area (Å²) in [5.41, 5.74) is 16.8. The predicted molar refractivity (Wildman–Crippen MR) is 207 cm³/mol. The Hall–Kier alpha value is -5.14. The Balaban J connectivity index is 0.000000261. The lowest BCUT2D eigenvalue weighted by Crippen LogP contribution is -2.44. The van der Waals surface area contributed by atoms with E-state index in [1.807, 2.05) is 43.9 Å². The monoisotopic (exact) mass is 696 g/mol. The van der Waals surface area contributed by atoms with Gasteiger partial charge in [0, 0.05) is 92.3 Å². The molecule has 2 aromatic carbocycles. The number of nitrogens with zero attached hydrogens (tertiary/aromatic N) is 7. The number of nitrogens with one attached hydrogen (secondary N) is 1. The number of anilines is 3. The number of piperazine rings is 1. The molecule has 1 unspecified atom stereocenters. The summed E-state index contributed by atoms with van der Waals surface area (Å²) < 4.78 is 5.57. The highest BCUT2D eigenvalue weighted by Gasteiger charge is 2.31. The molecular formula is C38H52N10O3. The average molecular weight is 697 g/mol. The van der Waals surface area contributed by atoms with Crippen LogP contribution >= 0.6 is 0 Å². The standard InChI is InChI=1S/C24H31N5O3.C14H21N5/c1-4-29(24(31)18-9-10-28(15-18)11-12-30)19-6-7-21(25)20(13-19)23(26)17-5-8-22(27-14-17)32-16(2)3;1-16-11-17-14(15)12-3-5-13(6-4-12)19-9-7-18(2)8-10-19/h5-8,12-14,16,18,26H,4,9-11,15,25H2,1-3H3;3-6,11H,7-10H2,1-2H3,(H2,15,16,17). The average Bonchev–Trinajstić information content (AvgIpc) is 3.61. The number of nitrogen functional groups attached to an aromatic ring is 1. The highest BCUT2D eigenvalue weighted by molar-refractivity contribution is 6.14. The van der Waals surface area contributed by atoms with Gasteiger partial charge in [-0.15, -0.1) is 0 Å². The number of carbonyl (C=O) groups is 2. The van der Waals surface area contributed by atoms with Crippen LogP contribution in [0.2, 0.25) is 0 Å². The third-order valence-electron chi connectivity index (χ3n) is 8.88. The van der Waals surface area contributed by atoms with Crippen LogP contribution in [0.1, 0.15) is 43.9 Å². The van der Waals surface area contributed by atoms with E-state index in [9.17, 15) is 9.59 Å². The summed E-state index contributed by atoms with van der Waals surface area (Å²) in [6.07, 6.45) is 4.68. The minimum atomic E-state index is -0.145. The maximum atomic E-state index is 13.2. The fourth-order valence-electron chi connectivity index (χ4n) is 6.02. The van der Waals surface area contributed by atoms with E-state index >= 15 is 0 Å². The Morgan fingerprint density at radius 1 is 1.08 bits per heavy atom. The van der Waals surface area contributed by atoms with Crippen molar-refractivity contribution in [2.24, 2.45) is 21.6 Å². The van der Waals surface area contributed by atoms with E-state index in [1.54, 1.807) is 42.4 Å². The molecule has 1 atom stereocenters. The topological polar surface area (TPSA) is 170 Å². The molecule has 2 saturated heterocycles. The Morgan fingerprint density at radius 2 is 1.78 bits per heavy atom. The third kappa shape index (κ3) is 10.7. The molecule has 0 spiro atoms. The van der Waals surface area contributed by atoms with Crippen molar-refractivity contribution in [3.63, 3.8) is 0 Å². The maximum absolute atomic E-state index is 13.2. The lowest BCUT2D eigenvalue weighted by Gasteiger charge is -2.34. The van der Waals surface area contributed by atoms with Gasteiger partial charge in [-0.2, -0.15) is 0 Å². The summed E-state index contributed by atoms with van der Waals surface area (Å²) in [4.78, 5) is 44.5. The second kappa shape index (κ2) is 18.7. The molecule has 3 heterocycles. The van der Waals surface area contributed by atoms with E-state index < -0.39 is 0 Å². The number of carbonyl (C=O) groups excluding carboxylic acids is 2. The molecule has 5 N–H and O–H groups in total. The molecule has 1 amide bonds. The SMILES string of the molecule is CCN(C(=O)C1CCN(CC=O)C1)c1ccc(N)c(C(=N)c2ccc(OC(C)C)nc2)c1.CN=CN=C(N)c1ccc(N2CCN(C)CC2)cc1. The van der Waals surface area contributed by atoms with Gasteiger partial charge in [0.15, 0.2) is 0 Å². The first-order valence-corrected chi connectivity index (χ1v) is 17.4. The number of pyridine rings is 1. The summed E-state index contributed by atoms with van der Waals surface area (Å²) in [5.74, 6) is 0.879. The molecule has 2 aliphatic rings. The van der Waals surface area contributed by atoms with Gasteiger partial charge in [0.05, 0.1) is 24.3 Å². The highest BCUT2D eigenvalue weighted by atomic mass is 16.5. The number of aldehydes is 1. The summed E-state index contributed by atoms with van der Waals surface area (Å²) in [5, 5.41) is 8.66. The summed E-state index contributed by atoms with van der Waals surface area (Å²) in [6, 6.07) is 17.1. The van der Waals surface area contributed by atoms with Gasteiger partial charge < -0.3 is 35.7 Å². The Bertz CT molecular complexity index is 1670. The van der Waals surface area contributed by atoms with Crippen LogP contribution in [-0.4, -0.2) is 117 Å². The molecule has 0 aliphatic carbocycles. The number of benzene rings is 2. The van der Waals surface area contributed by atoms with Crippen molar-refractivity contribution in [3.05, 3.63) is 77.5 Å². The van der Waals surface area contributed by atoms with E-state index in [-0.39, 0.29) is 23.6 Å². The van der Waals surface area contributed by atoms with Crippen molar-refractivity contribution in [2.45, 2.75) is 33.3 Å². The van der Waals surface area contributed by atoms with Gasteiger partial charge in [-0.1, -0.05) is 0 Å². The first-order valence-electron chi connectivity index (χ1n) is 17.4. The van der Waals surface area contributed by atoms with Crippen LogP contribution in [0.15, 0.2) is 70.8 Å². The van der Waals surface area contributed by atoms with Crippen LogP contribution in [0.4, 0.5) is 17.1 Å². The molecule has 13 heteroatoms. The van der Waals surface area contributed by atoms with Crippen LogP contribution < -0.4 is 26.0 Å². The fraction of sp³-hybridized carbons (Fsp3) is 0.421. The third-order valence-corrected chi connectivity index (χ3v) is 8.88. The number of aliphatic imine (C=N–C) groups is 2. The highest BCUT2D eigenvalue weighted by Crippen LogP contribution is 2.27. The second-order valence-corrected chi connectivity index (χ2v) is 12.9. The molecule has 0 bridgehead atoms. The van der Waals surface area contributed by atoms with E-state index in [0.29, 0.717) is 53.9 Å². The van der Waals surface area contributed by atoms with Gasteiger partial charge in [0.1, 0.15) is 18.5 Å². The lowest BCUT2D eigenvalue weighted by atomic mass is 10.0. The van der Waals surface area contributed by atoms with E-state index in [1.165, 1.54) is 12.0 Å². The van der Waals surface area contributed by atoms with Gasteiger partial charge in [0.2, 0.25) is 11.8 Å². The first kappa shape index (κ1) is 38.7. The number of ether oxygens (including phenoxy) is 1. The summed E-state index contributed by atoms with van der Waals surface area (Å²) in [7, 11) is 3.83. The summed E-state index contributed by atoms with van der Waals surface area (Å²) in [6.45, 7) is 12.3. The van der Waals surface area contributed by atoms with Crippen molar-refractivity contribution >= 4 is 47.1 Å². The maximum Gasteiger partial charge on any atom is 0.231 e.